The number of amides is 1. The monoisotopic (exact) mass is 325 g/mol. The molecule has 1 atom stereocenters. The maximum atomic E-state index is 11.4. The molecule has 0 aliphatic rings. The van der Waals surface area contributed by atoms with Crippen molar-refractivity contribution in [3.63, 3.8) is 0 Å². The molecule has 1 rings (SSSR count). The Hall–Kier alpha value is 0.130. The smallest absolute Gasteiger partial charge is 0.261 e. The lowest BCUT2D eigenvalue weighted by Gasteiger charge is -2.04. The van der Waals surface area contributed by atoms with Crippen molar-refractivity contribution < 1.29 is 4.79 Å². The molecule has 1 aromatic heterocycles. The predicted molar refractivity (Wildman–Crippen MR) is 62.7 cm³/mol. The molecule has 1 N–H and O–H groups in total. The number of nitrogens with one attached hydrogen (secondary N) is 1. The molecule has 0 radical (unpaired) electrons. The minimum absolute atomic E-state index is 0.0120. The van der Waals surface area contributed by atoms with Crippen LogP contribution in [0.2, 0.25) is 0 Å². The lowest BCUT2D eigenvalue weighted by Crippen LogP contribution is -2.27. The molecular formula is C8H9Br2NOS. The largest absolute Gasteiger partial charge is 0.350 e. The molecule has 1 aromatic rings. The molecule has 0 saturated carbocycles. The first-order valence-corrected chi connectivity index (χ1v) is 6.29. The van der Waals surface area contributed by atoms with Crippen LogP contribution in [0.3, 0.4) is 0 Å². The molecule has 0 aliphatic heterocycles. The van der Waals surface area contributed by atoms with Crippen molar-refractivity contribution in [2.45, 2.75) is 11.8 Å². The van der Waals surface area contributed by atoms with E-state index in [0.29, 0.717) is 11.4 Å². The molecule has 0 aliphatic carbocycles. The highest BCUT2D eigenvalue weighted by Gasteiger charge is 2.08. The van der Waals surface area contributed by atoms with E-state index < -0.39 is 0 Å². The van der Waals surface area contributed by atoms with Crippen LogP contribution >= 0.6 is 43.2 Å². The van der Waals surface area contributed by atoms with E-state index in [2.05, 4.69) is 37.2 Å². The van der Waals surface area contributed by atoms with E-state index in [9.17, 15) is 4.79 Å². The van der Waals surface area contributed by atoms with Gasteiger partial charge in [0.2, 0.25) is 0 Å². The number of rotatable bonds is 3. The number of carbonyl (C=O) groups excluding carboxylic acids is 1. The van der Waals surface area contributed by atoms with E-state index in [-0.39, 0.29) is 5.91 Å². The average Bonchev–Trinajstić information content (AvgIpc) is 2.47. The lowest BCUT2D eigenvalue weighted by atomic mass is 10.4. The minimum atomic E-state index is -0.0120. The molecule has 0 fully saturated rings. The van der Waals surface area contributed by atoms with Crippen molar-refractivity contribution in [2.75, 3.05) is 6.54 Å². The average molecular weight is 327 g/mol. The van der Waals surface area contributed by atoms with Gasteiger partial charge in [-0.15, -0.1) is 11.3 Å². The Morgan fingerprint density at radius 1 is 1.69 bits per heavy atom. The molecular weight excluding hydrogens is 318 g/mol. The molecule has 0 spiro atoms. The van der Waals surface area contributed by atoms with Crippen molar-refractivity contribution in [3.8, 4) is 0 Å². The number of carbonyl (C=O) groups is 1. The SMILES string of the molecule is CC(Br)CNC(=O)c1ccc(Br)s1. The third-order valence-corrected chi connectivity index (χ3v) is 3.29. The molecule has 72 valence electrons. The summed E-state index contributed by atoms with van der Waals surface area (Å²) in [6.45, 7) is 2.64. The molecule has 0 saturated heterocycles. The van der Waals surface area contributed by atoms with Crippen LogP contribution in [0.1, 0.15) is 16.6 Å². The first-order valence-electron chi connectivity index (χ1n) is 3.77. The summed E-state index contributed by atoms with van der Waals surface area (Å²) in [7, 11) is 0. The fourth-order valence-electron chi connectivity index (χ4n) is 0.757. The number of hydrogen-bond donors (Lipinski definition) is 1. The van der Waals surface area contributed by atoms with Gasteiger partial charge in [-0.05, 0) is 28.1 Å². The van der Waals surface area contributed by atoms with Gasteiger partial charge in [0.25, 0.3) is 5.91 Å². The Morgan fingerprint density at radius 2 is 2.38 bits per heavy atom. The summed E-state index contributed by atoms with van der Waals surface area (Å²) in [5.74, 6) is -0.0120. The second-order valence-electron chi connectivity index (χ2n) is 2.59. The number of halogens is 2. The van der Waals surface area contributed by atoms with Gasteiger partial charge in [0.1, 0.15) is 0 Å². The fraction of sp³-hybridized carbons (Fsp3) is 0.375. The number of hydrogen-bond acceptors (Lipinski definition) is 2. The highest BCUT2D eigenvalue weighted by Crippen LogP contribution is 2.21. The van der Waals surface area contributed by atoms with Crippen LogP contribution < -0.4 is 5.32 Å². The Bertz CT molecular complexity index is 298. The summed E-state index contributed by atoms with van der Waals surface area (Å²) >= 11 is 8.11. The topological polar surface area (TPSA) is 29.1 Å². The summed E-state index contributed by atoms with van der Waals surface area (Å²) in [6.07, 6.45) is 0. The molecule has 5 heteroatoms. The third-order valence-electron chi connectivity index (χ3n) is 1.34. The minimum Gasteiger partial charge on any atom is -0.350 e. The Labute approximate surface area is 98.0 Å². The quantitative estimate of drug-likeness (QED) is 0.850. The van der Waals surface area contributed by atoms with E-state index >= 15 is 0 Å². The van der Waals surface area contributed by atoms with Crippen LogP contribution in [0.5, 0.6) is 0 Å². The van der Waals surface area contributed by atoms with Crippen molar-refractivity contribution >= 4 is 49.1 Å². The summed E-state index contributed by atoms with van der Waals surface area (Å²) in [5, 5.41) is 2.82. The van der Waals surface area contributed by atoms with Gasteiger partial charge in [-0.1, -0.05) is 22.9 Å². The molecule has 1 unspecified atom stereocenters. The van der Waals surface area contributed by atoms with Gasteiger partial charge in [0, 0.05) is 11.4 Å². The van der Waals surface area contributed by atoms with Gasteiger partial charge >= 0.3 is 0 Å². The number of thiophene rings is 1. The second kappa shape index (κ2) is 5.12. The van der Waals surface area contributed by atoms with Gasteiger partial charge in [0.15, 0.2) is 0 Å². The first-order chi connectivity index (χ1) is 6.09. The van der Waals surface area contributed by atoms with Crippen molar-refractivity contribution in [1.82, 2.24) is 5.32 Å². The molecule has 0 aromatic carbocycles. The summed E-state index contributed by atoms with van der Waals surface area (Å²) < 4.78 is 0.976. The number of alkyl halides is 1. The van der Waals surface area contributed by atoms with Gasteiger partial charge in [-0.3, -0.25) is 4.79 Å². The zero-order valence-electron chi connectivity index (χ0n) is 7.01. The molecule has 13 heavy (non-hydrogen) atoms. The summed E-state index contributed by atoms with van der Waals surface area (Å²) in [4.78, 5) is 12.5. The zero-order valence-corrected chi connectivity index (χ0v) is 11.0. The van der Waals surface area contributed by atoms with Gasteiger partial charge in [-0.25, -0.2) is 0 Å². The van der Waals surface area contributed by atoms with E-state index in [1.807, 2.05) is 19.1 Å². The zero-order chi connectivity index (χ0) is 9.84. The predicted octanol–water partition coefficient (Wildman–Crippen LogP) is 3.02. The third kappa shape index (κ3) is 3.79. The summed E-state index contributed by atoms with van der Waals surface area (Å²) in [6, 6.07) is 3.68. The lowest BCUT2D eigenvalue weighted by molar-refractivity contribution is 0.0958. The Morgan fingerprint density at radius 3 is 2.85 bits per heavy atom. The van der Waals surface area contributed by atoms with Crippen LogP contribution in [0.25, 0.3) is 0 Å². The maximum absolute atomic E-state index is 11.4. The second-order valence-corrected chi connectivity index (χ2v) is 6.62. The van der Waals surface area contributed by atoms with E-state index in [1.54, 1.807) is 0 Å². The van der Waals surface area contributed by atoms with Crippen LogP contribution in [0.15, 0.2) is 15.9 Å². The highest BCUT2D eigenvalue weighted by atomic mass is 79.9. The van der Waals surface area contributed by atoms with Crippen LogP contribution in [-0.2, 0) is 0 Å². The van der Waals surface area contributed by atoms with Gasteiger partial charge in [-0.2, -0.15) is 0 Å². The fourth-order valence-corrected chi connectivity index (χ4v) is 2.22. The van der Waals surface area contributed by atoms with Crippen LogP contribution in [0, 0.1) is 0 Å². The van der Waals surface area contributed by atoms with E-state index in [4.69, 9.17) is 0 Å². The first kappa shape index (κ1) is 11.2. The van der Waals surface area contributed by atoms with Gasteiger partial charge < -0.3 is 5.32 Å². The van der Waals surface area contributed by atoms with Crippen molar-refractivity contribution in [1.29, 1.82) is 0 Å². The Balaban J connectivity index is 2.49. The van der Waals surface area contributed by atoms with Crippen LogP contribution in [0.4, 0.5) is 0 Å². The highest BCUT2D eigenvalue weighted by molar-refractivity contribution is 9.11. The molecule has 1 heterocycles. The van der Waals surface area contributed by atoms with Crippen molar-refractivity contribution in [3.05, 3.63) is 20.8 Å². The standard InChI is InChI=1S/C8H9Br2NOS/c1-5(9)4-11-8(12)6-2-3-7(10)13-6/h2-3,5H,4H2,1H3,(H,11,12). The van der Waals surface area contributed by atoms with E-state index in [1.165, 1.54) is 11.3 Å². The van der Waals surface area contributed by atoms with E-state index in [0.717, 1.165) is 8.66 Å². The molecule has 2 nitrogen and oxygen atoms in total. The molecule has 0 bridgehead atoms. The van der Waals surface area contributed by atoms with Gasteiger partial charge in [0.05, 0.1) is 8.66 Å². The summed E-state index contributed by atoms with van der Waals surface area (Å²) in [5.41, 5.74) is 0. The van der Waals surface area contributed by atoms with Crippen LogP contribution in [-0.4, -0.2) is 17.3 Å². The molecule has 1 amide bonds. The van der Waals surface area contributed by atoms with Crippen molar-refractivity contribution in [2.24, 2.45) is 0 Å². The Kier molecular flexibility index (Phi) is 4.41. The normalized spacial score (nSPS) is 12.5. The maximum Gasteiger partial charge on any atom is 0.261 e.